The number of aromatic nitrogens is 1. The molecule has 1 nitrogen and oxygen atoms in total. The van der Waals surface area contributed by atoms with Crippen LogP contribution in [-0.4, -0.2) is 18.3 Å². The SMILES string of the molecule is FCCc1[c-]c(-c2nc(CCF)c(F)c3ccccc23)ccc1F.[Ir]. The molecule has 0 N–H and O–H groups in total. The molecule has 25 heavy (non-hydrogen) atoms. The third-order valence-corrected chi connectivity index (χ3v) is 3.82. The normalized spacial score (nSPS) is 10.7. The summed E-state index contributed by atoms with van der Waals surface area (Å²) in [5.74, 6) is -1.11. The second kappa shape index (κ2) is 8.54. The van der Waals surface area contributed by atoms with Crippen molar-refractivity contribution in [3.63, 3.8) is 0 Å². The average Bonchev–Trinajstić information content (AvgIpc) is 2.60. The van der Waals surface area contributed by atoms with Crippen LogP contribution in [0.25, 0.3) is 22.0 Å². The van der Waals surface area contributed by atoms with E-state index in [-0.39, 0.29) is 44.2 Å². The van der Waals surface area contributed by atoms with Crippen LogP contribution in [0.5, 0.6) is 0 Å². The molecule has 3 rings (SSSR count). The first-order valence-corrected chi connectivity index (χ1v) is 7.55. The van der Waals surface area contributed by atoms with E-state index >= 15 is 0 Å². The average molecular weight is 525 g/mol. The molecule has 133 valence electrons. The fraction of sp³-hybridized carbons (Fsp3) is 0.211. The summed E-state index contributed by atoms with van der Waals surface area (Å²) in [7, 11) is 0. The fourth-order valence-electron chi connectivity index (χ4n) is 2.68. The van der Waals surface area contributed by atoms with Crippen molar-refractivity contribution in [1.29, 1.82) is 0 Å². The number of hydrogen-bond donors (Lipinski definition) is 0. The maximum atomic E-state index is 14.5. The monoisotopic (exact) mass is 525 g/mol. The largest absolute Gasteiger partial charge is 0.298 e. The summed E-state index contributed by atoms with van der Waals surface area (Å²) >= 11 is 0. The number of benzene rings is 2. The van der Waals surface area contributed by atoms with E-state index in [9.17, 15) is 17.6 Å². The predicted octanol–water partition coefficient (Wildman–Crippen LogP) is 5.00. The molecule has 3 aromatic rings. The molecule has 1 radical (unpaired) electrons. The standard InChI is InChI=1S/C19H14F4N.Ir/c20-9-7-12-11-13(5-6-16(12)22)19-15-4-2-1-3-14(15)18(23)17(24-19)8-10-21;/h1-6H,7-10H2;/q-1;. The van der Waals surface area contributed by atoms with Crippen LogP contribution in [0, 0.1) is 17.7 Å². The molecule has 0 bridgehead atoms. The van der Waals surface area contributed by atoms with Gasteiger partial charge < -0.3 is 0 Å². The van der Waals surface area contributed by atoms with Crippen LogP contribution in [0.4, 0.5) is 17.6 Å². The maximum Gasteiger partial charge on any atom is 0.150 e. The molecule has 0 saturated heterocycles. The van der Waals surface area contributed by atoms with Crippen molar-refractivity contribution in [2.45, 2.75) is 12.8 Å². The Hall–Kier alpha value is -1.78. The first-order chi connectivity index (χ1) is 11.7. The smallest absolute Gasteiger partial charge is 0.150 e. The summed E-state index contributed by atoms with van der Waals surface area (Å²) in [6, 6.07) is 12.2. The number of hydrogen-bond acceptors (Lipinski definition) is 1. The van der Waals surface area contributed by atoms with Crippen LogP contribution < -0.4 is 0 Å². The van der Waals surface area contributed by atoms with Crippen molar-refractivity contribution < 1.29 is 37.7 Å². The number of rotatable bonds is 5. The van der Waals surface area contributed by atoms with Gasteiger partial charge in [-0.3, -0.25) is 18.2 Å². The molecule has 0 aliphatic carbocycles. The van der Waals surface area contributed by atoms with Gasteiger partial charge in [0, 0.05) is 37.7 Å². The summed E-state index contributed by atoms with van der Waals surface area (Å²) in [5, 5.41) is 0.836. The first-order valence-electron chi connectivity index (χ1n) is 7.55. The summed E-state index contributed by atoms with van der Waals surface area (Å²) < 4.78 is 53.5. The van der Waals surface area contributed by atoms with Gasteiger partial charge in [-0.25, -0.2) is 4.39 Å². The van der Waals surface area contributed by atoms with E-state index in [4.69, 9.17) is 0 Å². The van der Waals surface area contributed by atoms with Crippen LogP contribution in [-0.2, 0) is 32.9 Å². The first kappa shape index (κ1) is 19.5. The maximum absolute atomic E-state index is 14.5. The zero-order valence-corrected chi connectivity index (χ0v) is 15.5. The molecule has 0 unspecified atom stereocenters. The molecular weight excluding hydrogens is 510 g/mol. The molecule has 2 aromatic carbocycles. The second-order valence-electron chi connectivity index (χ2n) is 5.34. The van der Waals surface area contributed by atoms with Gasteiger partial charge in [0.2, 0.25) is 0 Å². The van der Waals surface area contributed by atoms with Gasteiger partial charge in [-0.15, -0.1) is 23.8 Å². The molecule has 1 aromatic heterocycles. The van der Waals surface area contributed by atoms with Crippen molar-refractivity contribution in [1.82, 2.24) is 4.98 Å². The molecular formula is C19H14F4IrN-. The van der Waals surface area contributed by atoms with Crippen molar-refractivity contribution in [3.05, 3.63) is 65.4 Å². The van der Waals surface area contributed by atoms with Crippen molar-refractivity contribution in [2.24, 2.45) is 0 Å². The molecule has 0 aliphatic rings. The summed E-state index contributed by atoms with van der Waals surface area (Å²) in [5.41, 5.74) is 0.930. The molecule has 0 saturated carbocycles. The van der Waals surface area contributed by atoms with E-state index in [0.29, 0.717) is 22.0 Å². The molecule has 0 spiro atoms. The van der Waals surface area contributed by atoms with Gasteiger partial charge in [0.15, 0.2) is 5.82 Å². The molecule has 0 aliphatic heterocycles. The quantitative estimate of drug-likeness (QED) is 0.338. The Bertz CT molecular complexity index is 883. The van der Waals surface area contributed by atoms with Crippen LogP contribution in [0.15, 0.2) is 36.4 Å². The van der Waals surface area contributed by atoms with Gasteiger partial charge in [0.1, 0.15) is 0 Å². The Kier molecular flexibility index (Phi) is 6.68. The Balaban J connectivity index is 0.00000225. The minimum absolute atomic E-state index is 0. The van der Waals surface area contributed by atoms with E-state index in [2.05, 4.69) is 11.1 Å². The molecule has 0 atom stereocenters. The van der Waals surface area contributed by atoms with Gasteiger partial charge in [-0.2, -0.15) is 0 Å². The van der Waals surface area contributed by atoms with Crippen molar-refractivity contribution in [2.75, 3.05) is 13.3 Å². The number of halogens is 4. The fourth-order valence-corrected chi connectivity index (χ4v) is 2.68. The third-order valence-electron chi connectivity index (χ3n) is 3.82. The van der Waals surface area contributed by atoms with E-state index in [0.717, 1.165) is 0 Å². The summed E-state index contributed by atoms with van der Waals surface area (Å²) in [6.07, 6.45) is -0.252. The van der Waals surface area contributed by atoms with Gasteiger partial charge >= 0.3 is 0 Å². The Labute approximate surface area is 156 Å². The van der Waals surface area contributed by atoms with E-state index < -0.39 is 25.0 Å². The Morgan fingerprint density at radius 3 is 2.24 bits per heavy atom. The van der Waals surface area contributed by atoms with Crippen LogP contribution >= 0.6 is 0 Å². The molecule has 0 amide bonds. The topological polar surface area (TPSA) is 12.9 Å². The van der Waals surface area contributed by atoms with E-state index in [1.807, 2.05) is 0 Å². The number of fused-ring (bicyclic) bond motifs is 1. The van der Waals surface area contributed by atoms with Crippen LogP contribution in [0.3, 0.4) is 0 Å². The summed E-state index contributed by atoms with van der Waals surface area (Å²) in [4.78, 5) is 4.23. The second-order valence-corrected chi connectivity index (χ2v) is 5.34. The number of nitrogens with zero attached hydrogens (tertiary/aromatic N) is 1. The predicted molar refractivity (Wildman–Crippen MR) is 85.3 cm³/mol. The Morgan fingerprint density at radius 2 is 1.56 bits per heavy atom. The van der Waals surface area contributed by atoms with Gasteiger partial charge in [-0.05, 0) is 17.5 Å². The molecule has 1 heterocycles. The molecule has 6 heteroatoms. The van der Waals surface area contributed by atoms with E-state index in [1.165, 1.54) is 12.1 Å². The van der Waals surface area contributed by atoms with Crippen molar-refractivity contribution >= 4 is 10.8 Å². The van der Waals surface area contributed by atoms with Crippen LogP contribution in [0.2, 0.25) is 0 Å². The zero-order valence-electron chi connectivity index (χ0n) is 13.1. The third kappa shape index (κ3) is 3.91. The van der Waals surface area contributed by atoms with Crippen molar-refractivity contribution in [3.8, 4) is 11.3 Å². The van der Waals surface area contributed by atoms with Gasteiger partial charge in [0.25, 0.3) is 0 Å². The number of aryl methyl sites for hydroxylation is 2. The minimum Gasteiger partial charge on any atom is -0.298 e. The minimum atomic E-state index is -0.734. The Morgan fingerprint density at radius 1 is 0.880 bits per heavy atom. The zero-order chi connectivity index (χ0) is 17.1. The van der Waals surface area contributed by atoms with E-state index in [1.54, 1.807) is 24.3 Å². The van der Waals surface area contributed by atoms with Crippen LogP contribution in [0.1, 0.15) is 11.3 Å². The number of alkyl halides is 2. The summed E-state index contributed by atoms with van der Waals surface area (Å²) in [6.45, 7) is -1.44. The van der Waals surface area contributed by atoms with Gasteiger partial charge in [0.05, 0.1) is 19.0 Å². The molecule has 0 fully saturated rings. The van der Waals surface area contributed by atoms with Gasteiger partial charge in [-0.1, -0.05) is 29.8 Å². The number of pyridine rings is 1.